The van der Waals surface area contributed by atoms with Crippen LogP contribution in [0.15, 0.2) is 85.2 Å². The second-order valence-corrected chi connectivity index (χ2v) is 7.79. The summed E-state index contributed by atoms with van der Waals surface area (Å²) in [7, 11) is 0. The van der Waals surface area contributed by atoms with Gasteiger partial charge in [-0.15, -0.1) is 0 Å². The smallest absolute Gasteiger partial charge is 0.214 e. The maximum Gasteiger partial charge on any atom is 0.214 e. The number of carbonyl (C=O) groups is 1. The zero-order valence-corrected chi connectivity index (χ0v) is 18.6. The van der Waals surface area contributed by atoms with Gasteiger partial charge in [-0.25, -0.2) is 9.37 Å². The van der Waals surface area contributed by atoms with E-state index in [1.807, 2.05) is 48.5 Å². The summed E-state index contributed by atoms with van der Waals surface area (Å²) in [5.41, 5.74) is 4.35. The number of carbonyl (C=O) groups excluding carboxylic acids is 1. The summed E-state index contributed by atoms with van der Waals surface area (Å²) in [4.78, 5) is 22.6. The molecule has 0 spiro atoms. The Bertz CT molecular complexity index is 1240. The van der Waals surface area contributed by atoms with Crippen molar-refractivity contribution in [2.45, 2.75) is 19.6 Å². The Labute approximate surface area is 197 Å². The number of aliphatic hydroxyl groups excluding tert-OH is 1. The number of hydrogen-bond acceptors (Lipinski definition) is 5. The van der Waals surface area contributed by atoms with E-state index in [0.717, 1.165) is 23.1 Å². The summed E-state index contributed by atoms with van der Waals surface area (Å²) in [6, 6.07) is 21.5. The molecule has 0 saturated carbocycles. The molecular weight excluding hydrogens is 431 g/mol. The number of amides is 1. The molecule has 0 fully saturated rings. The fraction of sp³-hybridized carbons (Fsp3) is 0.148. The largest absolute Gasteiger partial charge is 0.392 e. The van der Waals surface area contributed by atoms with Crippen molar-refractivity contribution in [2.75, 3.05) is 16.8 Å². The average Bonchev–Trinajstić information content (AvgIpc) is 2.88. The number of nitrogens with one attached hydrogen (secondary N) is 1. The van der Waals surface area contributed by atoms with E-state index < -0.39 is 0 Å². The third-order valence-electron chi connectivity index (χ3n) is 5.41. The second-order valence-electron chi connectivity index (χ2n) is 7.79. The number of aromatic nitrogens is 2. The van der Waals surface area contributed by atoms with E-state index in [1.165, 1.54) is 17.0 Å². The first-order chi connectivity index (χ1) is 16.7. The molecule has 6 nitrogen and oxygen atoms in total. The molecule has 1 amide bonds. The first-order valence-electron chi connectivity index (χ1n) is 11.0. The van der Waals surface area contributed by atoms with Crippen molar-refractivity contribution in [3.8, 4) is 11.3 Å². The van der Waals surface area contributed by atoms with Crippen molar-refractivity contribution >= 4 is 17.9 Å². The fourth-order valence-corrected chi connectivity index (χ4v) is 3.74. The monoisotopic (exact) mass is 456 g/mol. The summed E-state index contributed by atoms with van der Waals surface area (Å²) in [6.45, 7) is 0.552. The van der Waals surface area contributed by atoms with Gasteiger partial charge in [-0.05, 0) is 41.8 Å². The second kappa shape index (κ2) is 11.2. The SMILES string of the molecule is O=CN(Cc1cccnc1)c1cc(CO)c(-c2ccccc2)nc1NCCc1cccc(F)c1. The Balaban J connectivity index is 1.69. The normalized spacial score (nSPS) is 10.6. The van der Waals surface area contributed by atoms with E-state index in [9.17, 15) is 14.3 Å². The molecule has 7 heteroatoms. The number of nitrogens with zero attached hydrogens (tertiary/aromatic N) is 3. The Kier molecular flexibility index (Phi) is 7.57. The van der Waals surface area contributed by atoms with E-state index >= 15 is 0 Å². The van der Waals surface area contributed by atoms with Crippen molar-refractivity contribution in [3.63, 3.8) is 0 Å². The van der Waals surface area contributed by atoms with E-state index in [-0.39, 0.29) is 12.4 Å². The zero-order valence-electron chi connectivity index (χ0n) is 18.6. The predicted octanol–water partition coefficient (Wildman–Crippen LogP) is 4.59. The van der Waals surface area contributed by atoms with Crippen molar-refractivity contribution in [2.24, 2.45) is 0 Å². The molecule has 2 aromatic heterocycles. The van der Waals surface area contributed by atoms with E-state index in [2.05, 4.69) is 10.3 Å². The van der Waals surface area contributed by atoms with Gasteiger partial charge in [-0.2, -0.15) is 0 Å². The number of pyridine rings is 2. The molecule has 0 aliphatic rings. The molecule has 2 N–H and O–H groups in total. The van der Waals surface area contributed by atoms with E-state index in [1.54, 1.807) is 24.5 Å². The lowest BCUT2D eigenvalue weighted by atomic mass is 10.0. The number of halogens is 1. The molecule has 0 aliphatic carbocycles. The first kappa shape index (κ1) is 23.1. The summed E-state index contributed by atoms with van der Waals surface area (Å²) in [5, 5.41) is 13.4. The molecule has 0 aliphatic heterocycles. The molecule has 0 saturated heterocycles. The van der Waals surface area contributed by atoms with Crippen molar-refractivity contribution in [3.05, 3.63) is 108 Å². The van der Waals surface area contributed by atoms with Crippen LogP contribution in [-0.4, -0.2) is 28.0 Å². The summed E-state index contributed by atoms with van der Waals surface area (Å²) in [5.74, 6) is 0.224. The number of hydrogen-bond donors (Lipinski definition) is 2. The van der Waals surface area contributed by atoms with Gasteiger partial charge in [-0.1, -0.05) is 48.5 Å². The van der Waals surface area contributed by atoms with Gasteiger partial charge in [-0.3, -0.25) is 9.78 Å². The van der Waals surface area contributed by atoms with E-state index in [0.29, 0.717) is 42.3 Å². The number of anilines is 2. The van der Waals surface area contributed by atoms with Gasteiger partial charge in [0.1, 0.15) is 5.82 Å². The molecular formula is C27H25FN4O2. The van der Waals surface area contributed by atoms with Gasteiger partial charge in [0.15, 0.2) is 5.82 Å². The van der Waals surface area contributed by atoms with Crippen LogP contribution in [0.3, 0.4) is 0 Å². The third kappa shape index (κ3) is 5.63. The molecule has 2 heterocycles. The van der Waals surface area contributed by atoms with Crippen LogP contribution >= 0.6 is 0 Å². The Morgan fingerprint density at radius 3 is 2.53 bits per heavy atom. The van der Waals surface area contributed by atoms with Crippen LogP contribution in [0.4, 0.5) is 15.9 Å². The van der Waals surface area contributed by atoms with Crippen LogP contribution in [-0.2, 0) is 24.4 Å². The van der Waals surface area contributed by atoms with Gasteiger partial charge < -0.3 is 15.3 Å². The number of rotatable bonds is 10. The van der Waals surface area contributed by atoms with Crippen LogP contribution in [0.1, 0.15) is 16.7 Å². The lowest BCUT2D eigenvalue weighted by Crippen LogP contribution is -2.23. The van der Waals surface area contributed by atoms with Crippen LogP contribution < -0.4 is 10.2 Å². The third-order valence-corrected chi connectivity index (χ3v) is 5.41. The first-order valence-corrected chi connectivity index (χ1v) is 11.0. The Morgan fingerprint density at radius 2 is 1.82 bits per heavy atom. The zero-order chi connectivity index (χ0) is 23.8. The van der Waals surface area contributed by atoms with Crippen LogP contribution in [0.2, 0.25) is 0 Å². The number of benzene rings is 2. The van der Waals surface area contributed by atoms with Gasteiger partial charge in [0, 0.05) is 30.1 Å². The molecule has 4 rings (SSSR count). The highest BCUT2D eigenvalue weighted by atomic mass is 19.1. The molecule has 0 bridgehead atoms. The number of aliphatic hydroxyl groups is 1. The molecule has 2 aromatic carbocycles. The van der Waals surface area contributed by atoms with Gasteiger partial charge in [0.05, 0.1) is 24.5 Å². The minimum atomic E-state index is -0.279. The minimum absolute atomic E-state index is 0.229. The van der Waals surface area contributed by atoms with Crippen LogP contribution in [0, 0.1) is 5.82 Å². The predicted molar refractivity (Wildman–Crippen MR) is 131 cm³/mol. The average molecular weight is 457 g/mol. The van der Waals surface area contributed by atoms with Crippen molar-refractivity contribution in [1.29, 1.82) is 0 Å². The van der Waals surface area contributed by atoms with Gasteiger partial charge >= 0.3 is 0 Å². The summed E-state index contributed by atoms with van der Waals surface area (Å²) in [6.07, 6.45) is 4.69. The van der Waals surface area contributed by atoms with Crippen LogP contribution in [0.25, 0.3) is 11.3 Å². The minimum Gasteiger partial charge on any atom is -0.392 e. The summed E-state index contributed by atoms with van der Waals surface area (Å²) >= 11 is 0. The van der Waals surface area contributed by atoms with E-state index in [4.69, 9.17) is 4.98 Å². The Hall–Kier alpha value is -4.10. The topological polar surface area (TPSA) is 78.4 Å². The molecule has 0 atom stereocenters. The summed E-state index contributed by atoms with van der Waals surface area (Å²) < 4.78 is 13.6. The van der Waals surface area contributed by atoms with Gasteiger partial charge in [0.25, 0.3) is 0 Å². The lowest BCUT2D eigenvalue weighted by molar-refractivity contribution is -0.107. The molecule has 0 radical (unpaired) electrons. The molecule has 172 valence electrons. The highest BCUT2D eigenvalue weighted by Gasteiger charge is 2.18. The van der Waals surface area contributed by atoms with Crippen molar-refractivity contribution < 1.29 is 14.3 Å². The molecule has 0 unspecified atom stereocenters. The maximum absolute atomic E-state index is 13.6. The van der Waals surface area contributed by atoms with Gasteiger partial charge in [0.2, 0.25) is 6.41 Å². The molecule has 4 aromatic rings. The quantitative estimate of drug-likeness (QED) is 0.341. The Morgan fingerprint density at radius 1 is 1.00 bits per heavy atom. The van der Waals surface area contributed by atoms with Crippen molar-refractivity contribution in [1.82, 2.24) is 9.97 Å². The maximum atomic E-state index is 13.6. The molecule has 34 heavy (non-hydrogen) atoms. The fourth-order valence-electron chi connectivity index (χ4n) is 3.74. The van der Waals surface area contributed by atoms with Crippen LogP contribution in [0.5, 0.6) is 0 Å². The highest BCUT2D eigenvalue weighted by molar-refractivity contribution is 5.84. The lowest BCUT2D eigenvalue weighted by Gasteiger charge is -2.23. The highest BCUT2D eigenvalue weighted by Crippen LogP contribution is 2.32. The standard InChI is InChI=1S/C27H25FN4O2/c28-24-10-4-6-20(14-24)11-13-30-27-25(32(19-34)17-21-7-5-12-29-16-21)15-23(18-33)26(31-27)22-8-2-1-3-9-22/h1-10,12,14-16,19,33H,11,13,17-18H2,(H,30,31).